The van der Waals surface area contributed by atoms with Crippen molar-refractivity contribution in [3.05, 3.63) is 45.5 Å². The highest BCUT2D eigenvalue weighted by molar-refractivity contribution is 7.99. The summed E-state index contributed by atoms with van der Waals surface area (Å²) in [5.41, 5.74) is 3.17. The van der Waals surface area contributed by atoms with E-state index < -0.39 is 0 Å². The zero-order chi connectivity index (χ0) is 16.0. The molecule has 3 nitrogen and oxygen atoms in total. The van der Waals surface area contributed by atoms with E-state index in [-0.39, 0.29) is 0 Å². The molecule has 4 rings (SSSR count). The van der Waals surface area contributed by atoms with Gasteiger partial charge in [0.05, 0.1) is 11.0 Å². The SMILES string of the molecule is CCSc1nc2cc(Cl)c(C3C=c4ccn(C)c4=CC3)cc2[nH]1. The van der Waals surface area contributed by atoms with Crippen molar-refractivity contribution >= 4 is 46.5 Å². The van der Waals surface area contributed by atoms with E-state index in [0.717, 1.165) is 33.4 Å². The summed E-state index contributed by atoms with van der Waals surface area (Å²) in [6, 6.07) is 6.31. The van der Waals surface area contributed by atoms with E-state index in [1.807, 2.05) is 6.07 Å². The van der Waals surface area contributed by atoms with Crippen LogP contribution in [0.3, 0.4) is 0 Å². The van der Waals surface area contributed by atoms with Gasteiger partial charge in [0, 0.05) is 29.5 Å². The molecular formula is C18H18ClN3S. The first-order chi connectivity index (χ1) is 11.2. The maximum Gasteiger partial charge on any atom is 0.166 e. The molecule has 1 N–H and O–H groups in total. The number of hydrogen-bond acceptors (Lipinski definition) is 2. The van der Waals surface area contributed by atoms with Gasteiger partial charge in [0.2, 0.25) is 0 Å². The highest BCUT2D eigenvalue weighted by Crippen LogP contribution is 2.33. The van der Waals surface area contributed by atoms with Gasteiger partial charge in [-0.1, -0.05) is 42.4 Å². The van der Waals surface area contributed by atoms with Crippen molar-refractivity contribution in [1.29, 1.82) is 0 Å². The molecule has 0 radical (unpaired) electrons. The minimum absolute atomic E-state index is 0.312. The van der Waals surface area contributed by atoms with Gasteiger partial charge in [-0.3, -0.25) is 0 Å². The second-order valence-electron chi connectivity index (χ2n) is 5.85. The number of hydrogen-bond donors (Lipinski definition) is 1. The lowest BCUT2D eigenvalue weighted by Crippen LogP contribution is -2.30. The largest absolute Gasteiger partial charge is 0.351 e. The highest BCUT2D eigenvalue weighted by Gasteiger charge is 2.17. The molecule has 1 atom stereocenters. The molecule has 23 heavy (non-hydrogen) atoms. The number of imidazole rings is 1. The fourth-order valence-corrected chi connectivity index (χ4v) is 4.13. The lowest BCUT2D eigenvalue weighted by Gasteiger charge is -2.15. The summed E-state index contributed by atoms with van der Waals surface area (Å²) in [5.74, 6) is 1.31. The second-order valence-corrected chi connectivity index (χ2v) is 7.51. The Morgan fingerprint density at radius 2 is 2.30 bits per heavy atom. The van der Waals surface area contributed by atoms with Crippen molar-refractivity contribution in [2.75, 3.05) is 5.75 Å². The van der Waals surface area contributed by atoms with Crippen molar-refractivity contribution in [3.8, 4) is 0 Å². The van der Waals surface area contributed by atoms with Gasteiger partial charge in [-0.05, 0) is 41.2 Å². The van der Waals surface area contributed by atoms with Gasteiger partial charge >= 0.3 is 0 Å². The number of halogens is 1. The smallest absolute Gasteiger partial charge is 0.166 e. The summed E-state index contributed by atoms with van der Waals surface area (Å²) in [6.45, 7) is 2.13. The van der Waals surface area contributed by atoms with Crippen LogP contribution in [0.4, 0.5) is 0 Å². The molecule has 0 saturated heterocycles. The van der Waals surface area contributed by atoms with Crippen LogP contribution in [0.15, 0.2) is 29.6 Å². The third-order valence-electron chi connectivity index (χ3n) is 4.36. The van der Waals surface area contributed by atoms with Gasteiger partial charge in [0.25, 0.3) is 0 Å². The third-order valence-corrected chi connectivity index (χ3v) is 5.44. The fraction of sp³-hybridized carbons (Fsp3) is 0.278. The van der Waals surface area contributed by atoms with Crippen LogP contribution in [0.1, 0.15) is 24.8 Å². The normalized spacial score (nSPS) is 16.9. The third kappa shape index (κ3) is 2.60. The summed E-state index contributed by atoms with van der Waals surface area (Å²) in [6.07, 6.45) is 7.70. The Morgan fingerprint density at radius 3 is 3.13 bits per heavy atom. The number of rotatable bonds is 3. The average molecular weight is 344 g/mol. The van der Waals surface area contributed by atoms with Gasteiger partial charge in [-0.2, -0.15) is 0 Å². The minimum atomic E-state index is 0.312. The second kappa shape index (κ2) is 5.77. The number of thioether (sulfide) groups is 1. The molecule has 1 unspecified atom stereocenters. The number of aryl methyl sites for hydroxylation is 1. The lowest BCUT2D eigenvalue weighted by molar-refractivity contribution is 0.855. The van der Waals surface area contributed by atoms with Gasteiger partial charge in [0.1, 0.15) is 0 Å². The zero-order valence-corrected chi connectivity index (χ0v) is 14.7. The number of benzene rings is 1. The average Bonchev–Trinajstić information content (AvgIpc) is 3.09. The maximum atomic E-state index is 6.56. The summed E-state index contributed by atoms with van der Waals surface area (Å²) < 4.78 is 2.16. The number of nitrogens with one attached hydrogen (secondary N) is 1. The van der Waals surface area contributed by atoms with Crippen molar-refractivity contribution < 1.29 is 0 Å². The first-order valence-corrected chi connectivity index (χ1v) is 9.17. The number of H-pyrrole nitrogens is 1. The molecule has 0 amide bonds. The highest BCUT2D eigenvalue weighted by atomic mass is 35.5. The Kier molecular flexibility index (Phi) is 3.74. The maximum absolute atomic E-state index is 6.56. The molecule has 0 spiro atoms. The van der Waals surface area contributed by atoms with Crippen molar-refractivity contribution in [1.82, 2.24) is 14.5 Å². The van der Waals surface area contributed by atoms with Crippen LogP contribution in [0, 0.1) is 0 Å². The number of fused-ring (bicyclic) bond motifs is 2. The quantitative estimate of drug-likeness (QED) is 0.739. The van der Waals surface area contributed by atoms with E-state index in [1.165, 1.54) is 16.1 Å². The van der Waals surface area contributed by atoms with Gasteiger partial charge < -0.3 is 9.55 Å². The molecule has 118 valence electrons. The van der Waals surface area contributed by atoms with Crippen molar-refractivity contribution in [3.63, 3.8) is 0 Å². The van der Waals surface area contributed by atoms with Crippen molar-refractivity contribution in [2.24, 2.45) is 7.05 Å². The topological polar surface area (TPSA) is 33.6 Å². The first kappa shape index (κ1) is 14.9. The van der Waals surface area contributed by atoms with Crippen LogP contribution >= 0.6 is 23.4 Å². The van der Waals surface area contributed by atoms with Gasteiger partial charge in [-0.15, -0.1) is 0 Å². The Bertz CT molecular complexity index is 999. The van der Waals surface area contributed by atoms with Gasteiger partial charge in [-0.25, -0.2) is 4.98 Å². The van der Waals surface area contributed by atoms with E-state index in [9.17, 15) is 0 Å². The van der Waals surface area contributed by atoms with E-state index >= 15 is 0 Å². The molecule has 1 aliphatic carbocycles. The van der Waals surface area contributed by atoms with Crippen LogP contribution in [0.2, 0.25) is 5.02 Å². The molecular weight excluding hydrogens is 326 g/mol. The van der Waals surface area contributed by atoms with Crippen LogP contribution in [-0.4, -0.2) is 20.3 Å². The first-order valence-electron chi connectivity index (χ1n) is 7.81. The Hall–Kier alpha value is -1.65. The number of nitrogens with zero attached hydrogens (tertiary/aromatic N) is 2. The molecule has 1 aliphatic rings. The molecule has 0 fully saturated rings. The molecule has 0 bridgehead atoms. The number of aromatic nitrogens is 3. The van der Waals surface area contributed by atoms with E-state index in [1.54, 1.807) is 11.8 Å². The van der Waals surface area contributed by atoms with Crippen LogP contribution in [0.25, 0.3) is 23.2 Å². The zero-order valence-electron chi connectivity index (χ0n) is 13.1. The molecule has 1 aromatic carbocycles. The van der Waals surface area contributed by atoms with E-state index in [2.05, 4.69) is 59.0 Å². The molecule has 0 saturated carbocycles. The summed E-state index contributed by atoms with van der Waals surface area (Å²) in [5, 5.41) is 4.33. The Morgan fingerprint density at radius 1 is 1.43 bits per heavy atom. The molecule has 5 heteroatoms. The van der Waals surface area contributed by atoms with Crippen LogP contribution in [-0.2, 0) is 7.05 Å². The summed E-state index contributed by atoms with van der Waals surface area (Å²) in [7, 11) is 2.08. The standard InChI is InChI=1S/C18H18ClN3S/c1-3-23-18-20-15-9-13(14(19)10-16(15)21-18)11-4-5-17-12(8-11)6-7-22(17)2/h5-11H,3-4H2,1-2H3,(H,20,21). The number of aromatic amines is 1. The predicted molar refractivity (Wildman–Crippen MR) is 98.5 cm³/mol. The molecule has 2 aromatic heterocycles. The molecule has 0 aliphatic heterocycles. The Balaban J connectivity index is 1.79. The predicted octanol–water partition coefficient (Wildman–Crippen LogP) is 3.42. The van der Waals surface area contributed by atoms with Crippen molar-refractivity contribution in [2.45, 2.75) is 24.4 Å². The van der Waals surface area contributed by atoms with Gasteiger partial charge in [0.15, 0.2) is 5.16 Å². The summed E-state index contributed by atoms with van der Waals surface area (Å²) >= 11 is 8.27. The molecule has 3 aromatic rings. The van der Waals surface area contributed by atoms with Crippen LogP contribution < -0.4 is 10.6 Å². The fourth-order valence-electron chi connectivity index (χ4n) is 3.22. The minimum Gasteiger partial charge on any atom is -0.351 e. The lowest BCUT2D eigenvalue weighted by atomic mass is 9.91. The monoisotopic (exact) mass is 343 g/mol. The van der Waals surface area contributed by atoms with Crippen LogP contribution in [0.5, 0.6) is 0 Å². The Labute approximate surface area is 144 Å². The summed E-state index contributed by atoms with van der Waals surface area (Å²) in [4.78, 5) is 7.98. The molecule has 2 heterocycles. The van der Waals surface area contributed by atoms with E-state index in [4.69, 9.17) is 11.6 Å². The van der Waals surface area contributed by atoms with E-state index in [0.29, 0.717) is 5.92 Å².